The van der Waals surface area contributed by atoms with Crippen molar-refractivity contribution in [3.8, 4) is 18.1 Å². The van der Waals surface area contributed by atoms with Crippen LogP contribution in [0.5, 0.6) is 5.75 Å². The zero-order valence-electron chi connectivity index (χ0n) is 11.4. The molecular weight excluding hydrogens is 232 g/mol. The van der Waals surface area contributed by atoms with Gasteiger partial charge < -0.3 is 4.74 Å². The lowest BCUT2D eigenvalue weighted by molar-refractivity contribution is 0.414. The second kappa shape index (κ2) is 6.11. The molecule has 96 valence electrons. The number of aryl methyl sites for hydroxylation is 1. The fourth-order valence-electron chi connectivity index (χ4n) is 2.21. The summed E-state index contributed by atoms with van der Waals surface area (Å²) in [7, 11) is 1.70. The number of benzene rings is 1. The summed E-state index contributed by atoms with van der Waals surface area (Å²) in [5.41, 5.74) is 4.71. The van der Waals surface area contributed by atoms with Crippen molar-refractivity contribution in [1.29, 1.82) is 0 Å². The SMILES string of the molecule is C#CC1=CCC=C(c2ccc(OC)cc2CC)C=C1. The second-order valence-electron chi connectivity index (χ2n) is 4.41. The van der Waals surface area contributed by atoms with Crippen molar-refractivity contribution in [3.05, 3.63) is 59.2 Å². The molecule has 0 saturated carbocycles. The predicted octanol–water partition coefficient (Wildman–Crippen LogP) is 4.16. The summed E-state index contributed by atoms with van der Waals surface area (Å²) in [6, 6.07) is 6.22. The number of allylic oxidation sites excluding steroid dienone is 6. The standard InChI is InChI=1S/C18H18O/c1-4-14-7-6-8-16(10-9-14)18-12-11-17(19-3)13-15(18)5-2/h1,7-13H,5-6H2,2-3H3. The van der Waals surface area contributed by atoms with Crippen molar-refractivity contribution in [2.75, 3.05) is 7.11 Å². The number of methoxy groups -OCH3 is 1. The quantitative estimate of drug-likeness (QED) is 0.732. The fraction of sp³-hybridized carbons (Fsp3) is 0.222. The van der Waals surface area contributed by atoms with Gasteiger partial charge in [-0.05, 0) is 47.8 Å². The van der Waals surface area contributed by atoms with Crippen molar-refractivity contribution in [1.82, 2.24) is 0 Å². The molecule has 0 atom stereocenters. The molecule has 0 unspecified atom stereocenters. The highest BCUT2D eigenvalue weighted by atomic mass is 16.5. The highest BCUT2D eigenvalue weighted by Gasteiger charge is 2.07. The van der Waals surface area contributed by atoms with Gasteiger partial charge in [-0.25, -0.2) is 0 Å². The van der Waals surface area contributed by atoms with Gasteiger partial charge in [0.25, 0.3) is 0 Å². The Labute approximate surface area is 115 Å². The van der Waals surface area contributed by atoms with Gasteiger partial charge in [0.1, 0.15) is 5.75 Å². The van der Waals surface area contributed by atoms with Crippen LogP contribution in [0, 0.1) is 12.3 Å². The average Bonchev–Trinajstić information content (AvgIpc) is 2.71. The molecule has 1 heteroatoms. The Bertz CT molecular complexity index is 595. The molecule has 1 aliphatic carbocycles. The molecule has 0 spiro atoms. The largest absolute Gasteiger partial charge is 0.497 e. The van der Waals surface area contributed by atoms with E-state index in [9.17, 15) is 0 Å². The number of hydrogen-bond donors (Lipinski definition) is 0. The smallest absolute Gasteiger partial charge is 0.119 e. The van der Waals surface area contributed by atoms with Gasteiger partial charge in [0.2, 0.25) is 0 Å². The third-order valence-electron chi connectivity index (χ3n) is 3.29. The van der Waals surface area contributed by atoms with Gasteiger partial charge in [-0.15, -0.1) is 6.42 Å². The number of terminal acetylenes is 1. The van der Waals surface area contributed by atoms with E-state index in [0.717, 1.165) is 24.2 Å². The first-order chi connectivity index (χ1) is 9.28. The first kappa shape index (κ1) is 13.2. The van der Waals surface area contributed by atoms with Crippen LogP contribution in [-0.4, -0.2) is 7.11 Å². The Kier molecular flexibility index (Phi) is 4.26. The topological polar surface area (TPSA) is 9.23 Å². The van der Waals surface area contributed by atoms with Crippen LogP contribution in [0.25, 0.3) is 5.57 Å². The summed E-state index contributed by atoms with van der Waals surface area (Å²) in [5, 5.41) is 0. The second-order valence-corrected chi connectivity index (χ2v) is 4.41. The van der Waals surface area contributed by atoms with Crippen LogP contribution in [0.1, 0.15) is 24.5 Å². The highest BCUT2D eigenvalue weighted by molar-refractivity contribution is 5.78. The minimum atomic E-state index is 0.872. The number of rotatable bonds is 3. The van der Waals surface area contributed by atoms with E-state index in [4.69, 9.17) is 11.2 Å². The third kappa shape index (κ3) is 2.98. The molecule has 0 amide bonds. The van der Waals surface area contributed by atoms with Gasteiger partial charge in [0, 0.05) is 5.57 Å². The van der Waals surface area contributed by atoms with Gasteiger partial charge in [-0.2, -0.15) is 0 Å². The van der Waals surface area contributed by atoms with Crippen molar-refractivity contribution in [3.63, 3.8) is 0 Å². The summed E-state index contributed by atoms with van der Waals surface area (Å²) in [4.78, 5) is 0. The molecular formula is C18H18O. The molecule has 0 aromatic heterocycles. The summed E-state index contributed by atoms with van der Waals surface area (Å²) in [6.07, 6.45) is 15.7. The molecule has 2 rings (SSSR count). The van der Waals surface area contributed by atoms with E-state index in [1.807, 2.05) is 12.1 Å². The van der Waals surface area contributed by atoms with Crippen molar-refractivity contribution in [2.24, 2.45) is 0 Å². The molecule has 0 fully saturated rings. The van der Waals surface area contributed by atoms with Gasteiger partial charge in [-0.1, -0.05) is 37.1 Å². The Balaban J connectivity index is 2.38. The lowest BCUT2D eigenvalue weighted by atomic mass is 9.97. The van der Waals surface area contributed by atoms with Crippen LogP contribution in [0.3, 0.4) is 0 Å². The fourth-order valence-corrected chi connectivity index (χ4v) is 2.21. The van der Waals surface area contributed by atoms with E-state index in [1.54, 1.807) is 7.11 Å². The zero-order valence-corrected chi connectivity index (χ0v) is 11.4. The molecule has 0 heterocycles. The van der Waals surface area contributed by atoms with Crippen LogP contribution in [0.15, 0.2) is 48.1 Å². The van der Waals surface area contributed by atoms with E-state index in [-0.39, 0.29) is 0 Å². The molecule has 1 nitrogen and oxygen atoms in total. The normalized spacial score (nSPS) is 14.2. The maximum atomic E-state index is 5.44. The monoisotopic (exact) mass is 250 g/mol. The maximum Gasteiger partial charge on any atom is 0.119 e. The first-order valence-corrected chi connectivity index (χ1v) is 6.50. The molecule has 0 radical (unpaired) electrons. The summed E-state index contributed by atoms with van der Waals surface area (Å²) in [6.45, 7) is 2.16. The molecule has 1 aromatic rings. The van der Waals surface area contributed by atoms with Gasteiger partial charge in [0.15, 0.2) is 0 Å². The van der Waals surface area contributed by atoms with E-state index in [2.05, 4.69) is 43.2 Å². The van der Waals surface area contributed by atoms with Crippen LogP contribution >= 0.6 is 0 Å². The number of ether oxygens (including phenoxy) is 1. The Hall–Kier alpha value is -2.20. The van der Waals surface area contributed by atoms with E-state index < -0.39 is 0 Å². The predicted molar refractivity (Wildman–Crippen MR) is 81.0 cm³/mol. The maximum absolute atomic E-state index is 5.44. The Morgan fingerprint density at radius 3 is 2.79 bits per heavy atom. The highest BCUT2D eigenvalue weighted by Crippen LogP contribution is 2.27. The molecule has 19 heavy (non-hydrogen) atoms. The van der Waals surface area contributed by atoms with E-state index in [0.29, 0.717) is 0 Å². The summed E-state index contributed by atoms with van der Waals surface area (Å²) < 4.78 is 5.28. The molecule has 1 aromatic carbocycles. The first-order valence-electron chi connectivity index (χ1n) is 6.50. The van der Waals surface area contributed by atoms with Crippen molar-refractivity contribution < 1.29 is 4.74 Å². The van der Waals surface area contributed by atoms with E-state index in [1.165, 1.54) is 16.7 Å². The van der Waals surface area contributed by atoms with Gasteiger partial charge >= 0.3 is 0 Å². The molecule has 0 bridgehead atoms. The van der Waals surface area contributed by atoms with Crippen molar-refractivity contribution >= 4 is 5.57 Å². The van der Waals surface area contributed by atoms with Crippen LogP contribution in [0.2, 0.25) is 0 Å². The minimum absolute atomic E-state index is 0.872. The molecule has 0 N–H and O–H groups in total. The molecule has 1 aliphatic rings. The van der Waals surface area contributed by atoms with Gasteiger partial charge in [0.05, 0.1) is 7.11 Å². The average molecular weight is 250 g/mol. The van der Waals surface area contributed by atoms with Crippen molar-refractivity contribution in [2.45, 2.75) is 19.8 Å². The summed E-state index contributed by atoms with van der Waals surface area (Å²) in [5.74, 6) is 3.59. The molecule has 0 aliphatic heterocycles. The molecule has 0 saturated heterocycles. The lowest BCUT2D eigenvalue weighted by Gasteiger charge is -2.11. The lowest BCUT2D eigenvalue weighted by Crippen LogP contribution is -1.93. The minimum Gasteiger partial charge on any atom is -0.497 e. The Morgan fingerprint density at radius 2 is 2.11 bits per heavy atom. The van der Waals surface area contributed by atoms with Gasteiger partial charge in [-0.3, -0.25) is 0 Å². The third-order valence-corrected chi connectivity index (χ3v) is 3.29. The van der Waals surface area contributed by atoms with E-state index >= 15 is 0 Å². The number of hydrogen-bond acceptors (Lipinski definition) is 1. The van der Waals surface area contributed by atoms with Crippen LogP contribution < -0.4 is 4.74 Å². The Morgan fingerprint density at radius 1 is 1.26 bits per heavy atom. The zero-order chi connectivity index (χ0) is 13.7. The van der Waals surface area contributed by atoms with Crippen LogP contribution in [0.4, 0.5) is 0 Å². The van der Waals surface area contributed by atoms with Crippen LogP contribution in [-0.2, 0) is 6.42 Å². The summed E-state index contributed by atoms with van der Waals surface area (Å²) >= 11 is 0.